The Morgan fingerprint density at radius 1 is 1.29 bits per heavy atom. The molecule has 94 valence electrons. The lowest BCUT2D eigenvalue weighted by Crippen LogP contribution is -2.16. The van der Waals surface area contributed by atoms with Crippen molar-refractivity contribution in [1.82, 2.24) is 10.3 Å². The highest BCUT2D eigenvalue weighted by Gasteiger charge is 2.07. The summed E-state index contributed by atoms with van der Waals surface area (Å²) in [5.74, 6) is 0. The van der Waals surface area contributed by atoms with Crippen LogP contribution in [0.2, 0.25) is 5.02 Å². The molecule has 2 rings (SSSR count). The van der Waals surface area contributed by atoms with Crippen molar-refractivity contribution in [2.75, 3.05) is 13.2 Å². The van der Waals surface area contributed by atoms with Gasteiger partial charge in [0.15, 0.2) is 0 Å². The maximum Gasteiger partial charge on any atom is 0.0705 e. The summed E-state index contributed by atoms with van der Waals surface area (Å²) >= 11 is 6.25. The molecule has 2 aromatic rings. The van der Waals surface area contributed by atoms with E-state index in [1.165, 1.54) is 0 Å². The van der Waals surface area contributed by atoms with Crippen molar-refractivity contribution >= 4 is 34.9 Å². The van der Waals surface area contributed by atoms with E-state index < -0.39 is 0 Å². The van der Waals surface area contributed by atoms with Gasteiger partial charge in [-0.25, -0.2) is 0 Å². The molecule has 0 spiro atoms. The number of fused-ring (bicyclic) bond motifs is 1. The van der Waals surface area contributed by atoms with Gasteiger partial charge in [-0.3, -0.25) is 0 Å². The lowest BCUT2D eigenvalue weighted by Gasteiger charge is -2.01. The molecular weight excluding hydrogens is 259 g/mol. The Kier molecular flexibility index (Phi) is 5.78. The van der Waals surface area contributed by atoms with E-state index in [9.17, 15) is 0 Å². The van der Waals surface area contributed by atoms with Crippen molar-refractivity contribution in [3.05, 3.63) is 35.0 Å². The second-order valence-corrected chi connectivity index (χ2v) is 4.10. The molecule has 1 aromatic carbocycles. The predicted octanol–water partition coefficient (Wildman–Crippen LogP) is 2.72. The molecule has 5 heteroatoms. The zero-order chi connectivity index (χ0) is 11.4. The summed E-state index contributed by atoms with van der Waals surface area (Å²) in [6.45, 7) is 1.71. The van der Waals surface area contributed by atoms with Crippen molar-refractivity contribution in [2.45, 2.75) is 13.0 Å². The van der Waals surface area contributed by atoms with Crippen molar-refractivity contribution in [3.8, 4) is 0 Å². The second-order valence-electron chi connectivity index (χ2n) is 3.72. The van der Waals surface area contributed by atoms with E-state index in [0.717, 1.165) is 34.6 Å². The second kappa shape index (κ2) is 6.87. The van der Waals surface area contributed by atoms with Crippen LogP contribution in [-0.2, 0) is 6.54 Å². The van der Waals surface area contributed by atoms with Crippen LogP contribution in [0.3, 0.4) is 0 Å². The van der Waals surface area contributed by atoms with E-state index in [-0.39, 0.29) is 19.0 Å². The minimum absolute atomic E-state index is 0. The van der Waals surface area contributed by atoms with Crippen LogP contribution in [0.5, 0.6) is 0 Å². The van der Waals surface area contributed by atoms with E-state index in [1.807, 2.05) is 24.3 Å². The molecule has 0 unspecified atom stereocenters. The number of halogens is 2. The van der Waals surface area contributed by atoms with Crippen LogP contribution < -0.4 is 5.32 Å². The van der Waals surface area contributed by atoms with E-state index >= 15 is 0 Å². The number of aliphatic hydroxyl groups is 1. The molecule has 3 nitrogen and oxygen atoms in total. The summed E-state index contributed by atoms with van der Waals surface area (Å²) in [5.41, 5.74) is 2.06. The van der Waals surface area contributed by atoms with Gasteiger partial charge in [-0.2, -0.15) is 0 Å². The molecular formula is C12H16Cl2N2O. The fourth-order valence-corrected chi connectivity index (χ4v) is 1.98. The quantitative estimate of drug-likeness (QED) is 0.735. The number of nitrogens with one attached hydrogen (secondary N) is 2. The first-order valence-corrected chi connectivity index (χ1v) is 5.77. The molecule has 0 aliphatic heterocycles. The first kappa shape index (κ1) is 14.3. The summed E-state index contributed by atoms with van der Waals surface area (Å²) in [6, 6.07) is 7.98. The van der Waals surface area contributed by atoms with Crippen LogP contribution in [0.1, 0.15) is 12.1 Å². The van der Waals surface area contributed by atoms with Crippen molar-refractivity contribution in [2.24, 2.45) is 0 Å². The number of H-pyrrole nitrogens is 1. The molecule has 0 radical (unpaired) electrons. The monoisotopic (exact) mass is 274 g/mol. The minimum Gasteiger partial charge on any atom is -0.396 e. The van der Waals surface area contributed by atoms with Gasteiger partial charge in [-0.1, -0.05) is 29.8 Å². The fraction of sp³-hybridized carbons (Fsp3) is 0.333. The molecule has 0 amide bonds. The van der Waals surface area contributed by atoms with Gasteiger partial charge in [0, 0.05) is 29.7 Å². The number of hydrogen-bond donors (Lipinski definition) is 3. The van der Waals surface area contributed by atoms with Crippen LogP contribution in [0.25, 0.3) is 10.9 Å². The molecule has 0 aliphatic rings. The predicted molar refractivity (Wildman–Crippen MR) is 74.0 cm³/mol. The largest absolute Gasteiger partial charge is 0.396 e. The Hall–Kier alpha value is -0.740. The average Bonchev–Trinajstić information content (AvgIpc) is 2.63. The number of aromatic amines is 1. The highest BCUT2D eigenvalue weighted by molar-refractivity contribution is 6.36. The summed E-state index contributed by atoms with van der Waals surface area (Å²) in [5, 5.41) is 13.7. The van der Waals surface area contributed by atoms with Gasteiger partial charge in [0.2, 0.25) is 0 Å². The van der Waals surface area contributed by atoms with Crippen molar-refractivity contribution in [1.29, 1.82) is 0 Å². The number of rotatable bonds is 5. The highest BCUT2D eigenvalue weighted by atomic mass is 35.5. The normalized spacial score (nSPS) is 10.5. The van der Waals surface area contributed by atoms with Crippen LogP contribution in [0, 0.1) is 0 Å². The number of para-hydroxylation sites is 1. The summed E-state index contributed by atoms with van der Waals surface area (Å²) in [4.78, 5) is 3.28. The standard InChI is InChI=1S/C12H15ClN2O.ClH/c13-12-9-4-1-2-5-10(9)15-11(12)8-14-6-3-7-16;/h1-2,4-5,14-16H,3,6-8H2;1H. The molecule has 3 N–H and O–H groups in total. The summed E-state index contributed by atoms with van der Waals surface area (Å²) in [6.07, 6.45) is 0.762. The van der Waals surface area contributed by atoms with Gasteiger partial charge >= 0.3 is 0 Å². The van der Waals surface area contributed by atoms with Gasteiger partial charge in [0.05, 0.1) is 5.02 Å². The van der Waals surface area contributed by atoms with E-state index in [1.54, 1.807) is 0 Å². The lowest BCUT2D eigenvalue weighted by molar-refractivity contribution is 0.286. The Labute approximate surface area is 112 Å². The maximum absolute atomic E-state index is 8.66. The summed E-state index contributed by atoms with van der Waals surface area (Å²) in [7, 11) is 0. The summed E-state index contributed by atoms with van der Waals surface area (Å²) < 4.78 is 0. The Morgan fingerprint density at radius 2 is 2.06 bits per heavy atom. The first-order chi connectivity index (χ1) is 7.83. The minimum atomic E-state index is 0. The number of hydrogen-bond acceptors (Lipinski definition) is 2. The Bertz CT molecular complexity index is 470. The van der Waals surface area contributed by atoms with E-state index in [4.69, 9.17) is 16.7 Å². The first-order valence-electron chi connectivity index (χ1n) is 5.39. The van der Waals surface area contributed by atoms with Crippen LogP contribution in [0.15, 0.2) is 24.3 Å². The zero-order valence-corrected chi connectivity index (χ0v) is 10.9. The van der Waals surface area contributed by atoms with Crippen LogP contribution in [-0.4, -0.2) is 23.2 Å². The van der Waals surface area contributed by atoms with Gasteiger partial charge in [-0.05, 0) is 19.0 Å². The Morgan fingerprint density at radius 3 is 2.76 bits per heavy atom. The van der Waals surface area contributed by atoms with E-state index in [2.05, 4.69) is 10.3 Å². The smallest absolute Gasteiger partial charge is 0.0705 e. The lowest BCUT2D eigenvalue weighted by atomic mass is 10.2. The van der Waals surface area contributed by atoms with Gasteiger partial charge in [-0.15, -0.1) is 12.4 Å². The molecule has 0 bridgehead atoms. The number of benzene rings is 1. The molecule has 0 aliphatic carbocycles. The van der Waals surface area contributed by atoms with Gasteiger partial charge in [0.25, 0.3) is 0 Å². The number of aromatic nitrogens is 1. The third kappa shape index (κ3) is 3.36. The third-order valence-electron chi connectivity index (χ3n) is 2.53. The SMILES string of the molecule is Cl.OCCCNCc1[nH]c2ccccc2c1Cl. The van der Waals surface area contributed by atoms with E-state index in [0.29, 0.717) is 6.54 Å². The molecule has 1 aromatic heterocycles. The number of aliphatic hydroxyl groups excluding tert-OH is 1. The average molecular weight is 275 g/mol. The maximum atomic E-state index is 8.66. The third-order valence-corrected chi connectivity index (χ3v) is 2.96. The van der Waals surface area contributed by atoms with Crippen LogP contribution >= 0.6 is 24.0 Å². The molecule has 0 atom stereocenters. The van der Waals surface area contributed by atoms with Crippen molar-refractivity contribution in [3.63, 3.8) is 0 Å². The van der Waals surface area contributed by atoms with Gasteiger partial charge < -0.3 is 15.4 Å². The van der Waals surface area contributed by atoms with Crippen molar-refractivity contribution < 1.29 is 5.11 Å². The molecule has 0 saturated carbocycles. The highest BCUT2D eigenvalue weighted by Crippen LogP contribution is 2.26. The van der Waals surface area contributed by atoms with Crippen LogP contribution in [0.4, 0.5) is 0 Å². The molecule has 0 fully saturated rings. The van der Waals surface area contributed by atoms with Gasteiger partial charge in [0.1, 0.15) is 0 Å². The fourth-order valence-electron chi connectivity index (χ4n) is 1.70. The zero-order valence-electron chi connectivity index (χ0n) is 9.37. The topological polar surface area (TPSA) is 48.0 Å². The molecule has 0 saturated heterocycles. The Balaban J connectivity index is 0.00000144. The molecule has 1 heterocycles. The molecule has 17 heavy (non-hydrogen) atoms.